The molecule has 1 fully saturated rings. The van der Waals surface area contributed by atoms with Crippen LogP contribution in [-0.4, -0.2) is 17.5 Å². The van der Waals surface area contributed by atoms with Crippen LogP contribution in [0.4, 0.5) is 0 Å². The number of carbonyl (C=O) groups excluding carboxylic acids is 2. The summed E-state index contributed by atoms with van der Waals surface area (Å²) in [5, 5.41) is 0.507. The fraction of sp³-hybridized carbons (Fsp3) is 0.273. The second kappa shape index (κ2) is 8.27. The van der Waals surface area contributed by atoms with Gasteiger partial charge < -0.3 is 10.5 Å². The lowest BCUT2D eigenvalue weighted by molar-refractivity contribution is -0.272. The third kappa shape index (κ3) is 4.13. The topological polar surface area (TPSA) is 87.9 Å². The van der Waals surface area contributed by atoms with E-state index in [4.69, 9.17) is 31.8 Å². The summed E-state index contributed by atoms with van der Waals surface area (Å²) in [7, 11) is 0. The van der Waals surface area contributed by atoms with Gasteiger partial charge in [-0.25, -0.2) is 19.4 Å². The van der Waals surface area contributed by atoms with Crippen molar-refractivity contribution >= 4 is 23.5 Å². The number of rotatable bonds is 7. The van der Waals surface area contributed by atoms with Crippen LogP contribution < -0.4 is 10.5 Å². The minimum atomic E-state index is -1.55. The lowest BCUT2D eigenvalue weighted by Crippen LogP contribution is -2.44. The lowest BCUT2D eigenvalue weighted by Gasteiger charge is -2.30. The van der Waals surface area contributed by atoms with Crippen LogP contribution in [0.5, 0.6) is 5.75 Å². The van der Waals surface area contributed by atoms with Crippen LogP contribution in [0.15, 0.2) is 67.3 Å². The van der Waals surface area contributed by atoms with Gasteiger partial charge in [0, 0.05) is 16.5 Å². The Morgan fingerprint density at radius 2 is 1.86 bits per heavy atom. The fourth-order valence-electron chi connectivity index (χ4n) is 3.10. The zero-order valence-electron chi connectivity index (χ0n) is 16.0. The van der Waals surface area contributed by atoms with E-state index in [1.54, 1.807) is 61.5 Å². The van der Waals surface area contributed by atoms with Crippen LogP contribution in [0.25, 0.3) is 0 Å². The van der Waals surface area contributed by atoms with Gasteiger partial charge in [0.15, 0.2) is 0 Å². The minimum absolute atomic E-state index is 0.207. The molecule has 0 aliphatic heterocycles. The monoisotopic (exact) mass is 415 g/mol. The van der Waals surface area contributed by atoms with Crippen LogP contribution in [0.1, 0.15) is 25.3 Å². The number of nitrogens with two attached hydrogens (primary N) is 1. The SMILES string of the molecule is C=C[C@@H]1C[C@]1(N)C(=O)OOC(=O)[C@@](CC)(Oc1ccccc1)c1ccc(Cl)cc1. The van der Waals surface area contributed by atoms with E-state index in [9.17, 15) is 9.59 Å². The first-order chi connectivity index (χ1) is 13.9. The molecule has 0 aromatic heterocycles. The highest BCUT2D eigenvalue weighted by molar-refractivity contribution is 6.30. The molecule has 0 amide bonds. The van der Waals surface area contributed by atoms with Gasteiger partial charge in [0.25, 0.3) is 0 Å². The number of carbonyl (C=O) groups is 2. The van der Waals surface area contributed by atoms with E-state index in [1.807, 2.05) is 6.07 Å². The maximum atomic E-state index is 13.1. The van der Waals surface area contributed by atoms with Gasteiger partial charge in [-0.05, 0) is 37.1 Å². The third-order valence-corrected chi connectivity index (χ3v) is 5.34. The van der Waals surface area contributed by atoms with Crippen molar-refractivity contribution in [3.05, 3.63) is 77.8 Å². The molecule has 2 aromatic rings. The van der Waals surface area contributed by atoms with Gasteiger partial charge in [-0.15, -0.1) is 6.58 Å². The van der Waals surface area contributed by atoms with Gasteiger partial charge >= 0.3 is 11.9 Å². The Hall–Kier alpha value is -2.83. The number of benzene rings is 2. The average Bonchev–Trinajstić information content (AvgIpc) is 3.43. The van der Waals surface area contributed by atoms with Crippen molar-refractivity contribution in [1.29, 1.82) is 0 Å². The standard InChI is InChI=1S/C22H22ClNO5/c1-3-15-14-21(15,24)19(25)28-29-20(26)22(4-2,16-10-12-17(23)13-11-16)27-18-8-6-5-7-9-18/h3,5-13,15H,1,4,14,24H2,2H3/t15-,21-,22+/m1/s1. The van der Waals surface area contributed by atoms with E-state index in [0.717, 1.165) is 0 Å². The summed E-state index contributed by atoms with van der Waals surface area (Å²) in [6.07, 6.45) is 2.18. The predicted molar refractivity (Wildman–Crippen MR) is 108 cm³/mol. The van der Waals surface area contributed by atoms with E-state index < -0.39 is 23.1 Å². The van der Waals surface area contributed by atoms with Gasteiger partial charge in [0.1, 0.15) is 11.3 Å². The van der Waals surface area contributed by atoms with Crippen molar-refractivity contribution in [3.8, 4) is 5.75 Å². The summed E-state index contributed by atoms with van der Waals surface area (Å²) in [5.41, 5.74) is 3.69. The molecule has 1 aliphatic rings. The van der Waals surface area contributed by atoms with Crippen LogP contribution >= 0.6 is 11.6 Å². The highest BCUT2D eigenvalue weighted by atomic mass is 35.5. The van der Waals surface area contributed by atoms with E-state index in [-0.39, 0.29) is 12.3 Å². The molecule has 0 saturated heterocycles. The molecule has 0 heterocycles. The Morgan fingerprint density at radius 3 is 2.41 bits per heavy atom. The molecule has 1 saturated carbocycles. The molecule has 0 radical (unpaired) electrons. The van der Waals surface area contributed by atoms with Crippen molar-refractivity contribution in [1.82, 2.24) is 0 Å². The Balaban J connectivity index is 1.85. The van der Waals surface area contributed by atoms with Crippen LogP contribution in [0, 0.1) is 5.92 Å². The minimum Gasteiger partial charge on any atom is -0.471 e. The summed E-state index contributed by atoms with van der Waals surface area (Å²) in [4.78, 5) is 35.0. The van der Waals surface area contributed by atoms with E-state index in [0.29, 0.717) is 22.8 Å². The molecule has 1 aliphatic carbocycles. The smallest absolute Gasteiger partial charge is 0.403 e. The Bertz CT molecular complexity index is 901. The van der Waals surface area contributed by atoms with Crippen molar-refractivity contribution in [2.75, 3.05) is 0 Å². The summed E-state index contributed by atoms with van der Waals surface area (Å²) < 4.78 is 6.06. The van der Waals surface area contributed by atoms with Gasteiger partial charge in [-0.2, -0.15) is 0 Å². The van der Waals surface area contributed by atoms with E-state index in [1.165, 1.54) is 0 Å². The maximum Gasteiger partial charge on any atom is 0.403 e. The fourth-order valence-corrected chi connectivity index (χ4v) is 3.23. The first-order valence-electron chi connectivity index (χ1n) is 9.20. The number of hydrogen-bond donors (Lipinski definition) is 1. The zero-order chi connectivity index (χ0) is 21.1. The molecule has 0 unspecified atom stereocenters. The molecule has 7 heteroatoms. The third-order valence-electron chi connectivity index (χ3n) is 5.09. The molecule has 29 heavy (non-hydrogen) atoms. The molecular formula is C22H22ClNO5. The number of halogens is 1. The lowest BCUT2D eigenvalue weighted by atomic mass is 9.90. The number of ether oxygens (including phenoxy) is 1. The summed E-state index contributed by atoms with van der Waals surface area (Å²) in [5.74, 6) is -1.45. The molecule has 0 bridgehead atoms. The summed E-state index contributed by atoms with van der Waals surface area (Å²) >= 11 is 5.98. The quantitative estimate of drug-likeness (QED) is 0.419. The normalized spacial score (nSPS) is 22.1. The summed E-state index contributed by atoms with van der Waals surface area (Å²) in [6, 6.07) is 15.4. The molecule has 2 aromatic carbocycles. The molecule has 3 atom stereocenters. The first kappa shape index (κ1) is 20.9. The van der Waals surface area contributed by atoms with Gasteiger partial charge in [-0.1, -0.05) is 54.9 Å². The second-order valence-corrected chi connectivity index (χ2v) is 7.37. The van der Waals surface area contributed by atoms with Crippen molar-refractivity contribution in [2.45, 2.75) is 30.9 Å². The Kier molecular flexibility index (Phi) is 5.96. The Labute approximate surface area is 174 Å². The van der Waals surface area contributed by atoms with Crippen LogP contribution in [0.2, 0.25) is 5.02 Å². The Morgan fingerprint density at radius 1 is 1.21 bits per heavy atom. The van der Waals surface area contributed by atoms with E-state index >= 15 is 0 Å². The number of hydrogen-bond acceptors (Lipinski definition) is 6. The van der Waals surface area contributed by atoms with Gasteiger partial charge in [0.2, 0.25) is 5.60 Å². The van der Waals surface area contributed by atoms with Crippen molar-refractivity contribution in [2.24, 2.45) is 11.7 Å². The maximum absolute atomic E-state index is 13.1. The average molecular weight is 416 g/mol. The highest BCUT2D eigenvalue weighted by Gasteiger charge is 2.58. The van der Waals surface area contributed by atoms with Crippen molar-refractivity contribution < 1.29 is 24.1 Å². The zero-order valence-corrected chi connectivity index (χ0v) is 16.7. The molecule has 6 nitrogen and oxygen atoms in total. The highest BCUT2D eigenvalue weighted by Crippen LogP contribution is 2.43. The van der Waals surface area contributed by atoms with E-state index in [2.05, 4.69) is 6.58 Å². The molecular weight excluding hydrogens is 394 g/mol. The molecule has 2 N–H and O–H groups in total. The number of para-hydroxylation sites is 1. The van der Waals surface area contributed by atoms with Crippen molar-refractivity contribution in [3.63, 3.8) is 0 Å². The predicted octanol–water partition coefficient (Wildman–Crippen LogP) is 3.93. The molecule has 0 spiro atoms. The summed E-state index contributed by atoms with van der Waals surface area (Å²) in [6.45, 7) is 5.38. The largest absolute Gasteiger partial charge is 0.471 e. The second-order valence-electron chi connectivity index (χ2n) is 6.93. The molecule has 152 valence electrons. The van der Waals surface area contributed by atoms with Gasteiger partial charge in [-0.3, -0.25) is 0 Å². The van der Waals surface area contributed by atoms with Crippen LogP contribution in [0.3, 0.4) is 0 Å². The van der Waals surface area contributed by atoms with Crippen LogP contribution in [-0.2, 0) is 25.0 Å². The van der Waals surface area contributed by atoms with Gasteiger partial charge in [0.05, 0.1) is 0 Å². The molecule has 3 rings (SSSR count). The first-order valence-corrected chi connectivity index (χ1v) is 9.58.